The zero-order chi connectivity index (χ0) is 21.7. The van der Waals surface area contributed by atoms with Crippen LogP contribution in [0.4, 0.5) is 0 Å². The lowest BCUT2D eigenvalue weighted by Crippen LogP contribution is -2.37. The molecule has 0 unspecified atom stereocenters. The Balaban J connectivity index is 1.97. The predicted octanol–water partition coefficient (Wildman–Crippen LogP) is 5.05. The van der Waals surface area contributed by atoms with Crippen molar-refractivity contribution in [2.45, 2.75) is 32.5 Å². The molecule has 5 nitrogen and oxygen atoms in total. The van der Waals surface area contributed by atoms with Crippen molar-refractivity contribution in [1.29, 1.82) is 0 Å². The predicted molar refractivity (Wildman–Crippen MR) is 114 cm³/mol. The summed E-state index contributed by atoms with van der Waals surface area (Å²) in [7, 11) is 1.36. The number of carbonyl (C=O) groups is 2. The highest BCUT2D eigenvalue weighted by Crippen LogP contribution is 2.48. The molecule has 158 valence electrons. The fourth-order valence-corrected chi connectivity index (χ4v) is 3.99. The monoisotopic (exact) mass is 408 g/mol. The van der Waals surface area contributed by atoms with Crippen LogP contribution in [0.15, 0.2) is 66.7 Å². The number of methoxy groups -OCH3 is 1. The molecule has 0 aromatic heterocycles. The average molecular weight is 408 g/mol. The molecule has 1 saturated heterocycles. The summed E-state index contributed by atoms with van der Waals surface area (Å²) in [6.07, 6.45) is -0.131. The average Bonchev–Trinajstić information content (AvgIpc) is 2.78. The summed E-state index contributed by atoms with van der Waals surface area (Å²) in [6.45, 7) is 8.23. The molecule has 0 bridgehead atoms. The fraction of sp³-hybridized carbons (Fsp3) is 0.360. The first kappa shape index (κ1) is 21.8. The van der Waals surface area contributed by atoms with Gasteiger partial charge in [-0.3, -0.25) is 4.79 Å². The first-order chi connectivity index (χ1) is 14.5. The lowest BCUT2D eigenvalue weighted by Gasteiger charge is -2.41. The summed E-state index contributed by atoms with van der Waals surface area (Å²) in [6, 6.07) is 17.0. The van der Waals surface area contributed by atoms with Crippen LogP contribution in [0.3, 0.4) is 0 Å². The van der Waals surface area contributed by atoms with E-state index in [9.17, 15) is 9.59 Å². The summed E-state index contributed by atoms with van der Waals surface area (Å²) in [5.41, 5.74) is 3.29. The second-order valence-electron chi connectivity index (χ2n) is 7.55. The Kier molecular flexibility index (Phi) is 7.06. The molecule has 0 spiro atoms. The van der Waals surface area contributed by atoms with Crippen molar-refractivity contribution in [2.24, 2.45) is 11.8 Å². The van der Waals surface area contributed by atoms with Gasteiger partial charge in [-0.25, -0.2) is 4.79 Å². The number of hydrogen-bond acceptors (Lipinski definition) is 5. The summed E-state index contributed by atoms with van der Waals surface area (Å²) in [5.74, 6) is -1.10. The number of benzene rings is 2. The number of rotatable bonds is 6. The highest BCUT2D eigenvalue weighted by Gasteiger charge is 2.43. The van der Waals surface area contributed by atoms with Crippen LogP contribution in [0.2, 0.25) is 0 Å². The van der Waals surface area contributed by atoms with Crippen molar-refractivity contribution >= 4 is 11.9 Å². The SMILES string of the molecule is C=C(C)[C@@H]1C[C@@H](C(=O)OCC)[C@@H](c2ccccc2)O[C@H]1c1ccc(C(=O)OC)cc1. The third-order valence-corrected chi connectivity index (χ3v) is 5.54. The highest BCUT2D eigenvalue weighted by atomic mass is 16.5. The Bertz CT molecular complexity index is 888. The number of hydrogen-bond donors (Lipinski definition) is 0. The van der Waals surface area contributed by atoms with E-state index in [-0.39, 0.29) is 24.0 Å². The maximum Gasteiger partial charge on any atom is 0.337 e. The summed E-state index contributed by atoms with van der Waals surface area (Å²) >= 11 is 0. The van der Waals surface area contributed by atoms with E-state index in [0.717, 1.165) is 16.7 Å². The van der Waals surface area contributed by atoms with Gasteiger partial charge in [0.05, 0.1) is 37.4 Å². The number of ether oxygens (including phenoxy) is 3. The molecular formula is C25H28O5. The molecule has 30 heavy (non-hydrogen) atoms. The van der Waals surface area contributed by atoms with Crippen molar-refractivity contribution < 1.29 is 23.8 Å². The molecule has 4 atom stereocenters. The van der Waals surface area contributed by atoms with Gasteiger partial charge in [0.1, 0.15) is 0 Å². The zero-order valence-electron chi connectivity index (χ0n) is 17.7. The van der Waals surface area contributed by atoms with E-state index in [4.69, 9.17) is 14.2 Å². The van der Waals surface area contributed by atoms with Crippen molar-refractivity contribution in [3.8, 4) is 0 Å². The molecule has 2 aromatic carbocycles. The molecule has 1 aliphatic heterocycles. The Labute approximate surface area is 177 Å². The van der Waals surface area contributed by atoms with Crippen molar-refractivity contribution in [2.75, 3.05) is 13.7 Å². The highest BCUT2D eigenvalue weighted by molar-refractivity contribution is 5.89. The lowest BCUT2D eigenvalue weighted by atomic mass is 9.76. The molecular weight excluding hydrogens is 380 g/mol. The van der Waals surface area contributed by atoms with Crippen LogP contribution in [-0.4, -0.2) is 25.7 Å². The van der Waals surface area contributed by atoms with Gasteiger partial charge in [0, 0.05) is 5.92 Å². The third-order valence-electron chi connectivity index (χ3n) is 5.54. The topological polar surface area (TPSA) is 61.8 Å². The quantitative estimate of drug-likeness (QED) is 0.495. The molecule has 2 aromatic rings. The minimum absolute atomic E-state index is 0.0525. The van der Waals surface area contributed by atoms with E-state index in [2.05, 4.69) is 6.58 Å². The summed E-state index contributed by atoms with van der Waals surface area (Å²) < 4.78 is 16.7. The van der Waals surface area contributed by atoms with Crippen LogP contribution >= 0.6 is 0 Å². The van der Waals surface area contributed by atoms with Crippen molar-refractivity contribution in [3.05, 3.63) is 83.4 Å². The van der Waals surface area contributed by atoms with Gasteiger partial charge in [-0.1, -0.05) is 54.6 Å². The molecule has 0 amide bonds. The van der Waals surface area contributed by atoms with Gasteiger partial charge in [0.15, 0.2) is 0 Å². The molecule has 0 radical (unpaired) electrons. The minimum atomic E-state index is -0.425. The number of esters is 2. The largest absolute Gasteiger partial charge is 0.466 e. The fourth-order valence-electron chi connectivity index (χ4n) is 3.99. The molecule has 0 aliphatic carbocycles. The van der Waals surface area contributed by atoms with E-state index in [0.29, 0.717) is 18.6 Å². The van der Waals surface area contributed by atoms with Crippen molar-refractivity contribution in [1.82, 2.24) is 0 Å². The first-order valence-corrected chi connectivity index (χ1v) is 10.2. The summed E-state index contributed by atoms with van der Waals surface area (Å²) in [4.78, 5) is 24.5. The van der Waals surface area contributed by atoms with E-state index in [1.54, 1.807) is 19.1 Å². The Morgan fingerprint density at radius 1 is 1.00 bits per heavy atom. The van der Waals surface area contributed by atoms with Crippen LogP contribution < -0.4 is 0 Å². The van der Waals surface area contributed by atoms with E-state index < -0.39 is 12.0 Å². The smallest absolute Gasteiger partial charge is 0.337 e. The van der Waals surface area contributed by atoms with Gasteiger partial charge in [0.25, 0.3) is 0 Å². The van der Waals surface area contributed by atoms with Crippen LogP contribution in [-0.2, 0) is 19.0 Å². The van der Waals surface area contributed by atoms with E-state index in [1.807, 2.05) is 49.4 Å². The maximum atomic E-state index is 12.8. The van der Waals surface area contributed by atoms with Gasteiger partial charge in [-0.15, -0.1) is 0 Å². The second-order valence-corrected chi connectivity index (χ2v) is 7.55. The first-order valence-electron chi connectivity index (χ1n) is 10.2. The Hall–Kier alpha value is -2.92. The molecule has 0 N–H and O–H groups in total. The van der Waals surface area contributed by atoms with Crippen LogP contribution in [0, 0.1) is 11.8 Å². The molecule has 1 heterocycles. The van der Waals surface area contributed by atoms with Crippen LogP contribution in [0.1, 0.15) is 54.0 Å². The van der Waals surface area contributed by atoms with Crippen LogP contribution in [0.5, 0.6) is 0 Å². The summed E-state index contributed by atoms with van der Waals surface area (Å²) in [5, 5.41) is 0. The van der Waals surface area contributed by atoms with Gasteiger partial charge in [-0.2, -0.15) is 0 Å². The lowest BCUT2D eigenvalue weighted by molar-refractivity contribution is -0.169. The third kappa shape index (κ3) is 4.62. The maximum absolute atomic E-state index is 12.8. The Morgan fingerprint density at radius 2 is 1.60 bits per heavy atom. The zero-order valence-corrected chi connectivity index (χ0v) is 17.7. The molecule has 0 saturated carbocycles. The van der Waals surface area contributed by atoms with E-state index >= 15 is 0 Å². The van der Waals surface area contributed by atoms with Crippen molar-refractivity contribution in [3.63, 3.8) is 0 Å². The molecule has 1 aliphatic rings. The van der Waals surface area contributed by atoms with Crippen LogP contribution in [0.25, 0.3) is 0 Å². The Morgan fingerprint density at radius 3 is 2.17 bits per heavy atom. The number of carbonyl (C=O) groups excluding carboxylic acids is 2. The van der Waals surface area contributed by atoms with E-state index in [1.165, 1.54) is 7.11 Å². The van der Waals surface area contributed by atoms with Gasteiger partial charge in [-0.05, 0) is 43.5 Å². The molecule has 3 rings (SSSR count). The molecule has 1 fully saturated rings. The molecule has 5 heteroatoms. The second kappa shape index (κ2) is 9.72. The van der Waals surface area contributed by atoms with Gasteiger partial charge < -0.3 is 14.2 Å². The normalized spacial score (nSPS) is 23.4. The standard InChI is InChI=1S/C25H28O5/c1-5-29-25(27)21-15-20(16(2)3)22(30-23(21)17-9-7-6-8-10-17)18-11-13-19(14-12-18)24(26)28-4/h6-14,20-23H,2,5,15H2,1,3-4H3/t20-,21+,22-,23+/m0/s1. The van der Waals surface area contributed by atoms with Gasteiger partial charge >= 0.3 is 11.9 Å². The minimum Gasteiger partial charge on any atom is -0.466 e. The van der Waals surface area contributed by atoms with Gasteiger partial charge in [0.2, 0.25) is 0 Å².